The molecule has 2 rings (SSSR count). The predicted molar refractivity (Wildman–Crippen MR) is 93.3 cm³/mol. The van der Waals surface area contributed by atoms with Gasteiger partial charge in [0.2, 0.25) is 5.88 Å². The number of hydrogen-bond donors (Lipinski definition) is 2. The van der Waals surface area contributed by atoms with E-state index in [1.807, 2.05) is 31.5 Å². The Hall–Kier alpha value is -2.57. The highest BCUT2D eigenvalue weighted by Gasteiger charge is 2.11. The molecule has 2 heterocycles. The molecule has 0 aliphatic heterocycles. The number of pyridine rings is 1. The summed E-state index contributed by atoms with van der Waals surface area (Å²) < 4.78 is 7.36. The quantitative estimate of drug-likeness (QED) is 0.817. The van der Waals surface area contributed by atoms with Crippen LogP contribution in [0.15, 0.2) is 24.4 Å². The van der Waals surface area contributed by atoms with Gasteiger partial charge >= 0.3 is 6.03 Å². The van der Waals surface area contributed by atoms with E-state index < -0.39 is 0 Å². The molecule has 1 atom stereocenters. The third-order valence-corrected chi connectivity index (χ3v) is 3.50. The molecule has 24 heavy (non-hydrogen) atoms. The van der Waals surface area contributed by atoms with Crippen molar-refractivity contribution in [2.45, 2.75) is 34.2 Å². The number of urea groups is 1. The zero-order valence-corrected chi connectivity index (χ0v) is 14.7. The van der Waals surface area contributed by atoms with E-state index in [1.54, 1.807) is 18.3 Å². The molecule has 2 N–H and O–H groups in total. The van der Waals surface area contributed by atoms with Gasteiger partial charge in [-0.15, -0.1) is 0 Å². The van der Waals surface area contributed by atoms with Gasteiger partial charge in [-0.25, -0.2) is 9.78 Å². The lowest BCUT2D eigenvalue weighted by molar-refractivity contribution is 0.249. The SMILES string of the molecule is CCOc1ncccc1NC(=O)NCC(C)Cn1nc(C)cc1C. The molecule has 0 saturated carbocycles. The van der Waals surface area contributed by atoms with Crippen LogP contribution < -0.4 is 15.4 Å². The first-order valence-electron chi connectivity index (χ1n) is 8.13. The van der Waals surface area contributed by atoms with Gasteiger partial charge in [-0.05, 0) is 44.9 Å². The van der Waals surface area contributed by atoms with Crippen molar-refractivity contribution in [1.29, 1.82) is 0 Å². The minimum atomic E-state index is -0.274. The molecule has 0 saturated heterocycles. The van der Waals surface area contributed by atoms with Crippen molar-refractivity contribution in [3.8, 4) is 5.88 Å². The molecule has 0 aliphatic carbocycles. The Morgan fingerprint density at radius 2 is 2.21 bits per heavy atom. The second kappa shape index (κ2) is 8.33. The van der Waals surface area contributed by atoms with E-state index in [0.29, 0.717) is 24.7 Å². The van der Waals surface area contributed by atoms with Crippen LogP contribution >= 0.6 is 0 Å². The van der Waals surface area contributed by atoms with Crippen LogP contribution in [0.25, 0.3) is 0 Å². The molecule has 1 unspecified atom stereocenters. The summed E-state index contributed by atoms with van der Waals surface area (Å²) in [6, 6.07) is 5.29. The van der Waals surface area contributed by atoms with Crippen LogP contribution in [-0.4, -0.2) is 33.9 Å². The van der Waals surface area contributed by atoms with Gasteiger partial charge in [0, 0.05) is 25.0 Å². The highest BCUT2D eigenvalue weighted by molar-refractivity contribution is 5.90. The Morgan fingerprint density at radius 3 is 2.88 bits per heavy atom. The predicted octanol–water partition coefficient (Wildman–Crippen LogP) is 2.75. The minimum absolute atomic E-state index is 0.258. The molecule has 130 valence electrons. The van der Waals surface area contributed by atoms with Crippen LogP contribution in [0, 0.1) is 19.8 Å². The van der Waals surface area contributed by atoms with E-state index in [4.69, 9.17) is 4.74 Å². The molecule has 7 heteroatoms. The number of amides is 2. The monoisotopic (exact) mass is 331 g/mol. The smallest absolute Gasteiger partial charge is 0.319 e. The van der Waals surface area contributed by atoms with E-state index in [-0.39, 0.29) is 11.9 Å². The fraction of sp³-hybridized carbons (Fsp3) is 0.471. The first kappa shape index (κ1) is 17.8. The summed E-state index contributed by atoms with van der Waals surface area (Å²) in [4.78, 5) is 16.2. The van der Waals surface area contributed by atoms with E-state index in [9.17, 15) is 4.79 Å². The van der Waals surface area contributed by atoms with Gasteiger partial charge in [-0.2, -0.15) is 5.10 Å². The zero-order chi connectivity index (χ0) is 17.5. The maximum atomic E-state index is 12.1. The maximum Gasteiger partial charge on any atom is 0.319 e. The van der Waals surface area contributed by atoms with Crippen LogP contribution in [0.3, 0.4) is 0 Å². The number of hydrogen-bond acceptors (Lipinski definition) is 4. The Bertz CT molecular complexity index is 683. The first-order chi connectivity index (χ1) is 11.5. The number of carbonyl (C=O) groups excluding carboxylic acids is 1. The number of rotatable bonds is 7. The number of nitrogens with zero attached hydrogens (tertiary/aromatic N) is 3. The van der Waals surface area contributed by atoms with E-state index in [2.05, 4.69) is 27.6 Å². The van der Waals surface area contributed by atoms with Gasteiger partial charge < -0.3 is 15.4 Å². The van der Waals surface area contributed by atoms with E-state index >= 15 is 0 Å². The average molecular weight is 331 g/mol. The van der Waals surface area contributed by atoms with Gasteiger partial charge in [0.25, 0.3) is 0 Å². The molecular weight excluding hydrogens is 306 g/mol. The second-order valence-electron chi connectivity index (χ2n) is 5.84. The molecule has 0 fully saturated rings. The number of aromatic nitrogens is 3. The van der Waals surface area contributed by atoms with Crippen molar-refractivity contribution >= 4 is 11.7 Å². The van der Waals surface area contributed by atoms with E-state index in [0.717, 1.165) is 17.9 Å². The van der Waals surface area contributed by atoms with Crippen LogP contribution in [0.2, 0.25) is 0 Å². The molecular formula is C17H25N5O2. The fourth-order valence-corrected chi connectivity index (χ4v) is 2.39. The zero-order valence-electron chi connectivity index (χ0n) is 14.7. The van der Waals surface area contributed by atoms with Crippen LogP contribution in [-0.2, 0) is 6.54 Å². The number of aryl methyl sites for hydroxylation is 2. The number of nitrogens with one attached hydrogen (secondary N) is 2. The van der Waals surface area contributed by atoms with E-state index in [1.165, 1.54) is 0 Å². The molecule has 2 amide bonds. The minimum Gasteiger partial charge on any atom is -0.476 e. The number of anilines is 1. The summed E-state index contributed by atoms with van der Waals surface area (Å²) in [6.07, 6.45) is 1.63. The highest BCUT2D eigenvalue weighted by Crippen LogP contribution is 2.20. The topological polar surface area (TPSA) is 81.1 Å². The molecule has 0 aromatic carbocycles. The molecule has 0 radical (unpaired) electrons. The molecule has 0 aliphatic rings. The molecule has 0 bridgehead atoms. The lowest BCUT2D eigenvalue weighted by Gasteiger charge is -2.15. The number of ether oxygens (including phenoxy) is 1. The maximum absolute atomic E-state index is 12.1. The lowest BCUT2D eigenvalue weighted by Crippen LogP contribution is -2.33. The van der Waals surface area contributed by atoms with Crippen LogP contribution in [0.4, 0.5) is 10.5 Å². The molecule has 2 aromatic heterocycles. The lowest BCUT2D eigenvalue weighted by atomic mass is 10.2. The molecule has 7 nitrogen and oxygen atoms in total. The Labute approximate surface area is 142 Å². The molecule has 2 aromatic rings. The van der Waals surface area contributed by atoms with Crippen molar-refractivity contribution in [2.24, 2.45) is 5.92 Å². The summed E-state index contributed by atoms with van der Waals surface area (Å²) in [5, 5.41) is 10.1. The van der Waals surface area contributed by atoms with Gasteiger partial charge in [-0.1, -0.05) is 6.92 Å². The Balaban J connectivity index is 1.83. The summed E-state index contributed by atoms with van der Waals surface area (Å²) in [5.74, 6) is 0.680. The van der Waals surface area contributed by atoms with Gasteiger partial charge in [0.1, 0.15) is 5.69 Å². The van der Waals surface area contributed by atoms with Gasteiger partial charge in [0.05, 0.1) is 12.3 Å². The van der Waals surface area contributed by atoms with Crippen molar-refractivity contribution in [1.82, 2.24) is 20.1 Å². The first-order valence-corrected chi connectivity index (χ1v) is 8.13. The van der Waals surface area contributed by atoms with Crippen LogP contribution in [0.5, 0.6) is 5.88 Å². The van der Waals surface area contributed by atoms with Gasteiger partial charge in [-0.3, -0.25) is 4.68 Å². The van der Waals surface area contributed by atoms with Crippen LogP contribution in [0.1, 0.15) is 25.2 Å². The summed E-state index contributed by atoms with van der Waals surface area (Å²) >= 11 is 0. The van der Waals surface area contributed by atoms with Crippen molar-refractivity contribution < 1.29 is 9.53 Å². The largest absolute Gasteiger partial charge is 0.476 e. The summed E-state index contributed by atoms with van der Waals surface area (Å²) in [7, 11) is 0. The molecule has 0 spiro atoms. The fourth-order valence-electron chi connectivity index (χ4n) is 2.39. The van der Waals surface area contributed by atoms with Gasteiger partial charge in [0.15, 0.2) is 0 Å². The Kier molecular flexibility index (Phi) is 6.17. The normalized spacial score (nSPS) is 11.8. The third-order valence-electron chi connectivity index (χ3n) is 3.50. The summed E-state index contributed by atoms with van der Waals surface area (Å²) in [5.41, 5.74) is 2.69. The van der Waals surface area contributed by atoms with Crippen molar-refractivity contribution in [2.75, 3.05) is 18.5 Å². The average Bonchev–Trinajstić information content (AvgIpc) is 2.85. The summed E-state index contributed by atoms with van der Waals surface area (Å²) in [6.45, 7) is 9.76. The number of carbonyl (C=O) groups is 1. The standard InChI is InChI=1S/C17H25N5O2/c1-5-24-16-15(7-6-8-18-16)20-17(23)19-10-12(2)11-22-14(4)9-13(3)21-22/h6-9,12H,5,10-11H2,1-4H3,(H2,19,20,23). The highest BCUT2D eigenvalue weighted by atomic mass is 16.5. The van der Waals surface area contributed by atoms with Crippen molar-refractivity contribution in [3.05, 3.63) is 35.8 Å². The Morgan fingerprint density at radius 1 is 1.42 bits per heavy atom. The third kappa shape index (κ3) is 4.97. The second-order valence-corrected chi connectivity index (χ2v) is 5.84. The van der Waals surface area contributed by atoms with Crippen molar-refractivity contribution in [3.63, 3.8) is 0 Å².